The van der Waals surface area contributed by atoms with Crippen LogP contribution >= 0.6 is 23.2 Å². The van der Waals surface area contributed by atoms with Crippen LogP contribution in [0.2, 0.25) is 10.0 Å². The van der Waals surface area contributed by atoms with Crippen molar-refractivity contribution in [2.45, 2.75) is 0 Å². The van der Waals surface area contributed by atoms with Crippen LogP contribution < -0.4 is 5.73 Å². The number of aromatic nitrogens is 1. The third-order valence-corrected chi connectivity index (χ3v) is 3.38. The summed E-state index contributed by atoms with van der Waals surface area (Å²) >= 11 is 11.9. The molecule has 2 aromatic carbocycles. The van der Waals surface area contributed by atoms with Gasteiger partial charge in [0.15, 0.2) is 5.58 Å². The van der Waals surface area contributed by atoms with E-state index in [4.69, 9.17) is 33.4 Å². The number of rotatable bonds is 2. The Labute approximate surface area is 128 Å². The number of benzene rings is 2. The molecule has 106 valence electrons. The van der Waals surface area contributed by atoms with E-state index in [-0.39, 0.29) is 17.3 Å². The maximum Gasteiger partial charge on any atom is 0.292 e. The molecule has 6 nitrogen and oxygen atoms in total. The Morgan fingerprint density at radius 1 is 1.24 bits per heavy atom. The number of nitro benzene ring substituents is 1. The van der Waals surface area contributed by atoms with Crippen molar-refractivity contribution in [1.29, 1.82) is 0 Å². The van der Waals surface area contributed by atoms with Crippen molar-refractivity contribution in [2.75, 3.05) is 5.73 Å². The predicted molar refractivity (Wildman–Crippen MR) is 80.5 cm³/mol. The van der Waals surface area contributed by atoms with Crippen LogP contribution in [-0.4, -0.2) is 9.91 Å². The van der Waals surface area contributed by atoms with Gasteiger partial charge >= 0.3 is 0 Å². The highest BCUT2D eigenvalue weighted by atomic mass is 35.5. The average molecular weight is 324 g/mol. The fourth-order valence-corrected chi connectivity index (χ4v) is 2.44. The van der Waals surface area contributed by atoms with Crippen molar-refractivity contribution in [3.05, 3.63) is 50.5 Å². The maximum absolute atomic E-state index is 10.9. The van der Waals surface area contributed by atoms with E-state index in [1.165, 1.54) is 18.2 Å². The molecule has 0 atom stereocenters. The fourth-order valence-electron chi connectivity index (χ4n) is 1.92. The van der Waals surface area contributed by atoms with Crippen LogP contribution in [-0.2, 0) is 0 Å². The smallest absolute Gasteiger partial charge is 0.292 e. The number of nitrogens with zero attached hydrogens (tertiary/aromatic N) is 2. The highest BCUT2D eigenvalue weighted by molar-refractivity contribution is 6.38. The molecule has 0 aliphatic carbocycles. The Hall–Kier alpha value is -2.31. The van der Waals surface area contributed by atoms with Gasteiger partial charge in [-0.25, -0.2) is 4.98 Å². The number of hydrogen-bond acceptors (Lipinski definition) is 5. The summed E-state index contributed by atoms with van der Waals surface area (Å²) in [6.07, 6.45) is 0. The molecule has 3 aromatic rings. The topological polar surface area (TPSA) is 95.2 Å². The van der Waals surface area contributed by atoms with Gasteiger partial charge in [-0.05, 0) is 24.3 Å². The number of oxazole rings is 1. The van der Waals surface area contributed by atoms with Gasteiger partial charge in [0.1, 0.15) is 11.2 Å². The van der Waals surface area contributed by atoms with Crippen LogP contribution in [0.1, 0.15) is 0 Å². The molecule has 3 rings (SSSR count). The minimum absolute atomic E-state index is 0.0703. The van der Waals surface area contributed by atoms with Gasteiger partial charge < -0.3 is 10.2 Å². The SMILES string of the molecule is Nc1ccc(-c2nc3cc(Cl)cc(Cl)c3o2)cc1[N+](=O)[O-]. The fraction of sp³-hybridized carbons (Fsp3) is 0. The lowest BCUT2D eigenvalue weighted by Crippen LogP contribution is -1.95. The number of nitro groups is 1. The van der Waals surface area contributed by atoms with Crippen LogP contribution in [0.25, 0.3) is 22.6 Å². The molecule has 8 heteroatoms. The lowest BCUT2D eigenvalue weighted by molar-refractivity contribution is -0.383. The normalized spacial score (nSPS) is 11.0. The first kappa shape index (κ1) is 13.7. The van der Waals surface area contributed by atoms with Crippen LogP contribution in [0.4, 0.5) is 11.4 Å². The van der Waals surface area contributed by atoms with E-state index in [9.17, 15) is 10.1 Å². The van der Waals surface area contributed by atoms with Gasteiger partial charge in [-0.1, -0.05) is 23.2 Å². The van der Waals surface area contributed by atoms with Crippen molar-refractivity contribution in [3.63, 3.8) is 0 Å². The molecule has 0 spiro atoms. The first-order chi connectivity index (χ1) is 9.95. The number of fused-ring (bicyclic) bond motifs is 1. The van der Waals surface area contributed by atoms with Gasteiger partial charge in [0.25, 0.3) is 5.69 Å². The molecule has 21 heavy (non-hydrogen) atoms. The Bertz CT molecular complexity index is 876. The number of nitrogen functional groups attached to an aromatic ring is 1. The summed E-state index contributed by atoms with van der Waals surface area (Å²) in [6, 6.07) is 7.45. The minimum Gasteiger partial charge on any atom is -0.435 e. The van der Waals surface area contributed by atoms with Crippen LogP contribution in [0.15, 0.2) is 34.7 Å². The van der Waals surface area contributed by atoms with Crippen molar-refractivity contribution >= 4 is 45.7 Å². The third-order valence-electron chi connectivity index (χ3n) is 2.88. The maximum atomic E-state index is 10.9. The number of anilines is 1. The molecule has 0 saturated carbocycles. The molecule has 0 amide bonds. The molecule has 0 aliphatic rings. The summed E-state index contributed by atoms with van der Waals surface area (Å²) in [7, 11) is 0. The summed E-state index contributed by atoms with van der Waals surface area (Å²) in [6.45, 7) is 0. The zero-order chi connectivity index (χ0) is 15.1. The molecule has 0 fully saturated rings. The van der Waals surface area contributed by atoms with Crippen LogP contribution in [0.5, 0.6) is 0 Å². The first-order valence-electron chi connectivity index (χ1n) is 5.75. The third kappa shape index (κ3) is 2.39. The average Bonchev–Trinajstić information content (AvgIpc) is 2.83. The van der Waals surface area contributed by atoms with E-state index in [2.05, 4.69) is 4.98 Å². The Balaban J connectivity index is 2.19. The summed E-state index contributed by atoms with van der Waals surface area (Å²) in [5.41, 5.74) is 6.69. The van der Waals surface area contributed by atoms with Crippen molar-refractivity contribution < 1.29 is 9.34 Å². The molecular formula is C13H7Cl2N3O3. The van der Waals surface area contributed by atoms with Gasteiger partial charge in [0.2, 0.25) is 5.89 Å². The second-order valence-corrected chi connectivity index (χ2v) is 5.13. The molecule has 0 aliphatic heterocycles. The Kier molecular flexibility index (Phi) is 3.19. The highest BCUT2D eigenvalue weighted by Gasteiger charge is 2.17. The quantitative estimate of drug-likeness (QED) is 0.431. The zero-order valence-electron chi connectivity index (χ0n) is 10.3. The van der Waals surface area contributed by atoms with Gasteiger partial charge in [-0.3, -0.25) is 10.1 Å². The van der Waals surface area contributed by atoms with Gasteiger partial charge in [0.05, 0.1) is 9.95 Å². The summed E-state index contributed by atoms with van der Waals surface area (Å²) in [5, 5.41) is 11.7. The van der Waals surface area contributed by atoms with E-state index in [0.717, 1.165) is 0 Å². The zero-order valence-corrected chi connectivity index (χ0v) is 11.9. The predicted octanol–water partition coefficient (Wildman–Crippen LogP) is 4.29. The molecular weight excluding hydrogens is 317 g/mol. The van der Waals surface area contributed by atoms with Gasteiger partial charge in [0, 0.05) is 16.7 Å². The lowest BCUT2D eigenvalue weighted by Gasteiger charge is -1.99. The van der Waals surface area contributed by atoms with Crippen LogP contribution in [0, 0.1) is 10.1 Å². The molecule has 2 N–H and O–H groups in total. The van der Waals surface area contributed by atoms with Gasteiger partial charge in [-0.2, -0.15) is 0 Å². The van der Waals surface area contributed by atoms with E-state index < -0.39 is 4.92 Å². The molecule has 1 heterocycles. The van der Waals surface area contributed by atoms with Crippen molar-refractivity contribution in [1.82, 2.24) is 4.98 Å². The number of halogens is 2. The monoisotopic (exact) mass is 323 g/mol. The summed E-state index contributed by atoms with van der Waals surface area (Å²) in [5.74, 6) is 0.206. The highest BCUT2D eigenvalue weighted by Crippen LogP contribution is 2.34. The second-order valence-electron chi connectivity index (χ2n) is 4.29. The number of hydrogen-bond donors (Lipinski definition) is 1. The standard InChI is InChI=1S/C13H7Cl2N3O3/c14-7-4-8(15)12-10(5-7)17-13(21-12)6-1-2-9(16)11(3-6)18(19)20/h1-5H,16H2. The van der Waals surface area contributed by atoms with E-state index in [0.29, 0.717) is 26.7 Å². The van der Waals surface area contributed by atoms with Crippen molar-refractivity contribution in [2.24, 2.45) is 0 Å². The van der Waals surface area contributed by atoms with Crippen molar-refractivity contribution in [3.8, 4) is 11.5 Å². The molecule has 0 unspecified atom stereocenters. The lowest BCUT2D eigenvalue weighted by atomic mass is 10.2. The Morgan fingerprint density at radius 3 is 2.71 bits per heavy atom. The largest absolute Gasteiger partial charge is 0.435 e. The second kappa shape index (κ2) is 4.91. The first-order valence-corrected chi connectivity index (χ1v) is 6.51. The molecule has 0 radical (unpaired) electrons. The van der Waals surface area contributed by atoms with Gasteiger partial charge in [-0.15, -0.1) is 0 Å². The van der Waals surface area contributed by atoms with E-state index >= 15 is 0 Å². The number of nitrogens with two attached hydrogens (primary N) is 1. The van der Waals surface area contributed by atoms with Crippen LogP contribution in [0.3, 0.4) is 0 Å². The summed E-state index contributed by atoms with van der Waals surface area (Å²) < 4.78 is 5.55. The molecule has 0 bridgehead atoms. The molecule has 0 saturated heterocycles. The van der Waals surface area contributed by atoms with E-state index in [1.807, 2.05) is 0 Å². The molecule has 1 aromatic heterocycles. The van der Waals surface area contributed by atoms with E-state index in [1.54, 1.807) is 12.1 Å². The minimum atomic E-state index is -0.564. The summed E-state index contributed by atoms with van der Waals surface area (Å²) in [4.78, 5) is 14.6. The Morgan fingerprint density at radius 2 is 2.00 bits per heavy atom.